The fraction of sp³-hybridized carbons (Fsp3) is 0.0952. The predicted octanol–water partition coefficient (Wildman–Crippen LogP) is 5.34. The van der Waals surface area contributed by atoms with Crippen molar-refractivity contribution in [1.29, 1.82) is 0 Å². The first-order valence-electron chi connectivity index (χ1n) is 8.15. The second-order valence-corrected chi connectivity index (χ2v) is 6.11. The lowest BCUT2D eigenvalue weighted by Crippen LogP contribution is -2.07. The molecule has 0 amide bonds. The third kappa shape index (κ3) is 4.57. The molecule has 0 unspecified atom stereocenters. The number of rotatable bonds is 7. The summed E-state index contributed by atoms with van der Waals surface area (Å²) in [5.74, 6) is -2.55. The summed E-state index contributed by atoms with van der Waals surface area (Å²) in [7, 11) is 0. The Kier molecular flexibility index (Phi) is 5.94. The van der Waals surface area contributed by atoms with Gasteiger partial charge < -0.3 is 14.6 Å². The number of carboxylic acid groups (broad SMARTS) is 1. The third-order valence-electron chi connectivity index (χ3n) is 3.81. The lowest BCUT2D eigenvalue weighted by atomic mass is 10.1. The molecule has 0 saturated carbocycles. The quantitative estimate of drug-likeness (QED) is 0.595. The number of carbonyl (C=O) groups is 1. The maximum Gasteiger partial charge on any atom is 0.337 e. The van der Waals surface area contributed by atoms with Gasteiger partial charge in [-0.3, -0.25) is 0 Å². The topological polar surface area (TPSA) is 55.8 Å². The summed E-state index contributed by atoms with van der Waals surface area (Å²) in [6, 6.07) is 19.2. The molecular weight excluding hydrogens is 371 g/mol. The molecule has 3 aromatic carbocycles. The minimum absolute atomic E-state index is 0.0855. The lowest BCUT2D eigenvalue weighted by molar-refractivity contribution is 0.0695. The SMILES string of the molecule is O=C(O)c1cc(F)c(OCc2ccccc2)c(OCc2ccccc2)c1Cl. The van der Waals surface area contributed by atoms with Gasteiger partial charge in [-0.1, -0.05) is 72.3 Å². The zero-order valence-corrected chi connectivity index (χ0v) is 14.9. The van der Waals surface area contributed by atoms with Crippen molar-refractivity contribution in [2.45, 2.75) is 13.2 Å². The van der Waals surface area contributed by atoms with Crippen LogP contribution in [0.4, 0.5) is 4.39 Å². The average molecular weight is 387 g/mol. The van der Waals surface area contributed by atoms with Gasteiger partial charge in [0.2, 0.25) is 0 Å². The average Bonchev–Trinajstić information content (AvgIpc) is 2.68. The molecule has 0 bridgehead atoms. The third-order valence-corrected chi connectivity index (χ3v) is 4.19. The first-order valence-corrected chi connectivity index (χ1v) is 8.53. The fourth-order valence-corrected chi connectivity index (χ4v) is 2.74. The van der Waals surface area contributed by atoms with E-state index in [1.54, 1.807) is 0 Å². The minimum Gasteiger partial charge on any atom is -0.483 e. The molecule has 27 heavy (non-hydrogen) atoms. The first-order chi connectivity index (χ1) is 13.1. The van der Waals surface area contributed by atoms with Gasteiger partial charge in [-0.15, -0.1) is 0 Å². The number of halogens is 2. The highest BCUT2D eigenvalue weighted by Gasteiger charge is 2.23. The van der Waals surface area contributed by atoms with E-state index in [2.05, 4.69) is 0 Å². The molecule has 1 N–H and O–H groups in total. The van der Waals surface area contributed by atoms with Crippen LogP contribution < -0.4 is 9.47 Å². The highest BCUT2D eigenvalue weighted by molar-refractivity contribution is 6.35. The Bertz CT molecular complexity index is 930. The van der Waals surface area contributed by atoms with Gasteiger partial charge in [-0.25, -0.2) is 9.18 Å². The van der Waals surface area contributed by atoms with Crippen molar-refractivity contribution in [2.24, 2.45) is 0 Å². The van der Waals surface area contributed by atoms with Crippen molar-refractivity contribution in [2.75, 3.05) is 0 Å². The number of benzene rings is 3. The van der Waals surface area contributed by atoms with Crippen LogP contribution in [0.1, 0.15) is 21.5 Å². The van der Waals surface area contributed by atoms with Crippen molar-refractivity contribution < 1.29 is 23.8 Å². The molecule has 0 aromatic heterocycles. The lowest BCUT2D eigenvalue weighted by Gasteiger charge is -2.16. The largest absolute Gasteiger partial charge is 0.483 e. The maximum absolute atomic E-state index is 14.6. The van der Waals surface area contributed by atoms with Gasteiger partial charge in [-0.05, 0) is 17.2 Å². The van der Waals surface area contributed by atoms with E-state index in [-0.39, 0.29) is 35.3 Å². The number of aromatic carboxylic acids is 1. The first kappa shape index (κ1) is 18.7. The van der Waals surface area contributed by atoms with E-state index in [4.69, 9.17) is 21.1 Å². The Labute approximate surface area is 160 Å². The molecule has 0 atom stereocenters. The van der Waals surface area contributed by atoms with Crippen LogP contribution in [0.5, 0.6) is 11.5 Å². The van der Waals surface area contributed by atoms with E-state index in [0.717, 1.165) is 17.2 Å². The monoisotopic (exact) mass is 386 g/mol. The van der Waals surface area contributed by atoms with Crippen LogP contribution in [0.25, 0.3) is 0 Å². The van der Waals surface area contributed by atoms with Gasteiger partial charge in [0.05, 0.1) is 5.56 Å². The molecule has 0 radical (unpaired) electrons. The van der Waals surface area contributed by atoms with Crippen molar-refractivity contribution >= 4 is 17.6 Å². The van der Waals surface area contributed by atoms with Crippen LogP contribution >= 0.6 is 11.6 Å². The number of hydrogen-bond acceptors (Lipinski definition) is 3. The normalized spacial score (nSPS) is 10.4. The molecule has 0 aliphatic rings. The van der Waals surface area contributed by atoms with Gasteiger partial charge >= 0.3 is 5.97 Å². The van der Waals surface area contributed by atoms with Crippen molar-refractivity contribution in [3.8, 4) is 11.5 Å². The second-order valence-electron chi connectivity index (χ2n) is 5.73. The molecule has 3 rings (SSSR count). The molecule has 0 heterocycles. The molecule has 4 nitrogen and oxygen atoms in total. The summed E-state index contributed by atoms with van der Waals surface area (Å²) in [5.41, 5.74) is 1.26. The standard InChI is InChI=1S/C21H16ClFO4/c22-18-16(21(24)25)11-17(23)19(26-12-14-7-3-1-4-8-14)20(18)27-13-15-9-5-2-6-10-15/h1-11H,12-13H2,(H,24,25). The predicted molar refractivity (Wildman–Crippen MR) is 99.9 cm³/mol. The van der Waals surface area contributed by atoms with E-state index in [1.807, 2.05) is 60.7 Å². The molecule has 6 heteroatoms. The zero-order chi connectivity index (χ0) is 19.2. The summed E-state index contributed by atoms with van der Waals surface area (Å²) in [5, 5.41) is 9.05. The maximum atomic E-state index is 14.6. The number of hydrogen-bond donors (Lipinski definition) is 1. The smallest absolute Gasteiger partial charge is 0.337 e. The molecule has 0 aliphatic carbocycles. The molecule has 0 fully saturated rings. The summed E-state index contributed by atoms with van der Waals surface area (Å²) >= 11 is 6.18. The Hall–Kier alpha value is -3.05. The molecule has 3 aromatic rings. The molecule has 0 aliphatic heterocycles. The highest BCUT2D eigenvalue weighted by Crippen LogP contribution is 2.41. The molecule has 0 spiro atoms. The zero-order valence-electron chi connectivity index (χ0n) is 14.2. The van der Waals surface area contributed by atoms with Crippen LogP contribution in [0, 0.1) is 5.82 Å². The molecule has 0 saturated heterocycles. The van der Waals surface area contributed by atoms with Gasteiger partial charge in [-0.2, -0.15) is 0 Å². The van der Waals surface area contributed by atoms with Crippen LogP contribution in [-0.4, -0.2) is 11.1 Å². The van der Waals surface area contributed by atoms with E-state index in [9.17, 15) is 14.3 Å². The summed E-state index contributed by atoms with van der Waals surface area (Å²) in [6.07, 6.45) is 0. The second kappa shape index (κ2) is 8.56. The molecular formula is C21H16ClFO4. The van der Waals surface area contributed by atoms with Crippen LogP contribution in [-0.2, 0) is 13.2 Å². The fourth-order valence-electron chi connectivity index (χ4n) is 2.46. The van der Waals surface area contributed by atoms with Gasteiger partial charge in [0, 0.05) is 0 Å². The van der Waals surface area contributed by atoms with Crippen LogP contribution in [0.2, 0.25) is 5.02 Å². The van der Waals surface area contributed by atoms with Gasteiger partial charge in [0.1, 0.15) is 18.2 Å². The summed E-state index contributed by atoms with van der Waals surface area (Å²) in [6.45, 7) is 0.174. The van der Waals surface area contributed by atoms with Crippen molar-refractivity contribution in [3.05, 3.63) is 94.3 Å². The van der Waals surface area contributed by atoms with Crippen LogP contribution in [0.15, 0.2) is 66.7 Å². The van der Waals surface area contributed by atoms with Gasteiger partial charge in [0.15, 0.2) is 17.3 Å². The van der Waals surface area contributed by atoms with E-state index in [1.165, 1.54) is 0 Å². The minimum atomic E-state index is -1.35. The Morgan fingerprint density at radius 1 is 0.889 bits per heavy atom. The van der Waals surface area contributed by atoms with E-state index in [0.29, 0.717) is 0 Å². The van der Waals surface area contributed by atoms with E-state index >= 15 is 0 Å². The summed E-state index contributed by atoms with van der Waals surface area (Å²) < 4.78 is 25.8. The summed E-state index contributed by atoms with van der Waals surface area (Å²) in [4.78, 5) is 11.3. The van der Waals surface area contributed by atoms with E-state index < -0.39 is 11.8 Å². The van der Waals surface area contributed by atoms with Crippen molar-refractivity contribution in [3.63, 3.8) is 0 Å². The Morgan fingerprint density at radius 2 is 1.37 bits per heavy atom. The highest BCUT2D eigenvalue weighted by atomic mass is 35.5. The van der Waals surface area contributed by atoms with Crippen molar-refractivity contribution in [1.82, 2.24) is 0 Å². The number of carboxylic acids is 1. The number of ether oxygens (including phenoxy) is 2. The Morgan fingerprint density at radius 3 is 1.85 bits per heavy atom. The molecule has 138 valence electrons. The Balaban J connectivity index is 1.92. The van der Waals surface area contributed by atoms with Crippen LogP contribution in [0.3, 0.4) is 0 Å². The van der Waals surface area contributed by atoms with Gasteiger partial charge in [0.25, 0.3) is 0 Å².